The van der Waals surface area contributed by atoms with E-state index >= 15 is 0 Å². The Balaban J connectivity index is 1.75. The van der Waals surface area contributed by atoms with Crippen LogP contribution < -0.4 is 9.64 Å². The molecule has 0 N–H and O–H groups in total. The molecule has 0 aliphatic carbocycles. The molecule has 28 heavy (non-hydrogen) atoms. The van der Waals surface area contributed by atoms with Gasteiger partial charge in [-0.05, 0) is 38.5 Å². The Labute approximate surface area is 169 Å². The van der Waals surface area contributed by atoms with Crippen LogP contribution in [0.5, 0.6) is 5.75 Å². The van der Waals surface area contributed by atoms with Crippen molar-refractivity contribution in [3.05, 3.63) is 28.6 Å². The summed E-state index contributed by atoms with van der Waals surface area (Å²) in [6.45, 7) is 6.04. The molecule has 1 aromatic heterocycles. The maximum Gasteiger partial charge on any atom is 0.326 e. The molecule has 1 aliphatic rings. The van der Waals surface area contributed by atoms with Gasteiger partial charge in [-0.1, -0.05) is 26.2 Å². The topological polar surface area (TPSA) is 68.7 Å². The van der Waals surface area contributed by atoms with Gasteiger partial charge in [-0.25, -0.2) is 4.98 Å². The molecule has 2 heterocycles. The maximum absolute atomic E-state index is 12.7. The lowest BCUT2D eigenvalue weighted by molar-refractivity contribution is -0.143. The highest BCUT2D eigenvalue weighted by Gasteiger charge is 2.33. The van der Waals surface area contributed by atoms with E-state index < -0.39 is 12.1 Å². The Morgan fingerprint density at radius 1 is 1.32 bits per heavy atom. The molecule has 0 fully saturated rings. The van der Waals surface area contributed by atoms with Crippen LogP contribution in [-0.4, -0.2) is 36.1 Å². The number of aryl methyl sites for hydroxylation is 1. The molecular formula is C21H26N2O4S. The quantitative estimate of drug-likeness (QED) is 0.485. The zero-order valence-corrected chi connectivity index (χ0v) is 17.4. The number of esters is 1. The van der Waals surface area contributed by atoms with E-state index in [0.29, 0.717) is 18.0 Å². The van der Waals surface area contributed by atoms with Gasteiger partial charge in [0.15, 0.2) is 6.10 Å². The van der Waals surface area contributed by atoms with Gasteiger partial charge in [-0.15, -0.1) is 11.3 Å². The number of hydrogen-bond acceptors (Lipinski definition) is 6. The van der Waals surface area contributed by atoms with Crippen LogP contribution in [-0.2, 0) is 14.3 Å². The summed E-state index contributed by atoms with van der Waals surface area (Å²) < 4.78 is 11.0. The number of fused-ring (bicyclic) bond motifs is 1. The number of amides is 1. The highest BCUT2D eigenvalue weighted by atomic mass is 32.1. The molecule has 3 rings (SSSR count). The molecule has 0 spiro atoms. The molecule has 1 amide bonds. The Morgan fingerprint density at radius 3 is 2.86 bits per heavy atom. The summed E-state index contributed by atoms with van der Waals surface area (Å²) >= 11 is 1.57. The van der Waals surface area contributed by atoms with Crippen LogP contribution >= 0.6 is 11.3 Å². The second kappa shape index (κ2) is 9.19. The smallest absolute Gasteiger partial charge is 0.326 e. The summed E-state index contributed by atoms with van der Waals surface area (Å²) in [5.74, 6) is -0.0691. The van der Waals surface area contributed by atoms with E-state index in [9.17, 15) is 9.59 Å². The molecule has 7 heteroatoms. The van der Waals surface area contributed by atoms with Gasteiger partial charge in [-0.3, -0.25) is 14.5 Å². The molecule has 1 aromatic carbocycles. The van der Waals surface area contributed by atoms with Crippen molar-refractivity contribution in [2.45, 2.75) is 52.6 Å². The third kappa shape index (κ3) is 4.70. The van der Waals surface area contributed by atoms with Crippen LogP contribution in [0.2, 0.25) is 0 Å². The van der Waals surface area contributed by atoms with Crippen molar-refractivity contribution in [3.8, 4) is 17.0 Å². The van der Waals surface area contributed by atoms with E-state index in [2.05, 4.69) is 11.9 Å². The van der Waals surface area contributed by atoms with E-state index in [4.69, 9.17) is 9.47 Å². The zero-order valence-electron chi connectivity index (χ0n) is 16.6. The van der Waals surface area contributed by atoms with Crippen LogP contribution in [0.3, 0.4) is 0 Å². The van der Waals surface area contributed by atoms with E-state index in [-0.39, 0.29) is 12.5 Å². The van der Waals surface area contributed by atoms with Crippen molar-refractivity contribution in [1.29, 1.82) is 0 Å². The first-order valence-corrected chi connectivity index (χ1v) is 10.6. The number of nitrogens with zero attached hydrogens (tertiary/aromatic N) is 2. The highest BCUT2D eigenvalue weighted by Crippen LogP contribution is 2.37. The Bertz CT molecular complexity index is 849. The van der Waals surface area contributed by atoms with Crippen molar-refractivity contribution < 1.29 is 19.1 Å². The van der Waals surface area contributed by atoms with Gasteiger partial charge in [0, 0.05) is 10.9 Å². The van der Waals surface area contributed by atoms with Crippen LogP contribution in [0.1, 0.15) is 44.5 Å². The molecule has 1 aliphatic heterocycles. The SMILES string of the molecule is CCCCCCOC(=O)CN1C(=O)C(C)Oc2ccc(-c3csc(C)n3)cc21. The van der Waals surface area contributed by atoms with Crippen molar-refractivity contribution in [2.75, 3.05) is 18.1 Å². The van der Waals surface area contributed by atoms with Gasteiger partial charge in [0.25, 0.3) is 5.91 Å². The second-order valence-corrected chi connectivity index (χ2v) is 7.96. The number of anilines is 1. The van der Waals surface area contributed by atoms with Crippen molar-refractivity contribution >= 4 is 28.9 Å². The van der Waals surface area contributed by atoms with E-state index in [0.717, 1.165) is 41.9 Å². The fourth-order valence-corrected chi connectivity index (χ4v) is 3.74. The first-order valence-electron chi connectivity index (χ1n) is 9.69. The van der Waals surface area contributed by atoms with Crippen LogP contribution in [0.25, 0.3) is 11.3 Å². The van der Waals surface area contributed by atoms with Crippen molar-refractivity contribution in [2.24, 2.45) is 0 Å². The minimum atomic E-state index is -0.641. The lowest BCUT2D eigenvalue weighted by atomic mass is 10.1. The summed E-state index contributed by atoms with van der Waals surface area (Å²) in [5, 5.41) is 2.94. The standard InChI is InChI=1S/C21H26N2O4S/c1-4-5-6-7-10-26-20(24)12-23-18-11-16(17-13-28-15(3)22-17)8-9-19(18)27-14(2)21(23)25/h8-9,11,13-14H,4-7,10,12H2,1-3H3. The molecule has 0 radical (unpaired) electrons. The summed E-state index contributed by atoms with van der Waals surface area (Å²) in [7, 11) is 0. The van der Waals surface area contributed by atoms with Crippen molar-refractivity contribution in [3.63, 3.8) is 0 Å². The maximum atomic E-state index is 12.7. The predicted octanol–water partition coefficient (Wildman–Crippen LogP) is 4.36. The molecule has 0 bridgehead atoms. The Morgan fingerprint density at radius 2 is 2.14 bits per heavy atom. The molecular weight excluding hydrogens is 376 g/mol. The number of ether oxygens (including phenoxy) is 2. The number of aromatic nitrogens is 1. The number of thiazole rings is 1. The number of benzene rings is 1. The zero-order chi connectivity index (χ0) is 20.1. The fourth-order valence-electron chi connectivity index (χ4n) is 3.12. The van der Waals surface area contributed by atoms with Gasteiger partial charge >= 0.3 is 5.97 Å². The minimum Gasteiger partial charge on any atom is -0.479 e. The summed E-state index contributed by atoms with van der Waals surface area (Å²) in [6.07, 6.45) is 3.50. The van der Waals surface area contributed by atoms with Gasteiger partial charge in [-0.2, -0.15) is 0 Å². The van der Waals surface area contributed by atoms with Gasteiger partial charge in [0.2, 0.25) is 0 Å². The van der Waals surface area contributed by atoms with E-state index in [1.807, 2.05) is 30.5 Å². The van der Waals surface area contributed by atoms with E-state index in [1.165, 1.54) is 4.90 Å². The molecule has 6 nitrogen and oxygen atoms in total. The molecule has 1 atom stereocenters. The normalized spacial score (nSPS) is 15.9. The highest BCUT2D eigenvalue weighted by molar-refractivity contribution is 7.09. The third-order valence-corrected chi connectivity index (χ3v) is 5.40. The van der Waals surface area contributed by atoms with Gasteiger partial charge in [0.05, 0.1) is 23.0 Å². The lowest BCUT2D eigenvalue weighted by Gasteiger charge is -2.32. The number of carbonyl (C=O) groups excluding carboxylic acids is 2. The molecule has 1 unspecified atom stereocenters. The number of unbranched alkanes of at least 4 members (excludes halogenated alkanes) is 3. The average Bonchev–Trinajstić information content (AvgIpc) is 3.11. The number of hydrogen-bond donors (Lipinski definition) is 0. The monoisotopic (exact) mass is 402 g/mol. The third-order valence-electron chi connectivity index (χ3n) is 4.63. The number of rotatable bonds is 8. The Hall–Kier alpha value is -2.41. The van der Waals surface area contributed by atoms with E-state index in [1.54, 1.807) is 18.3 Å². The molecule has 150 valence electrons. The molecule has 0 saturated carbocycles. The summed E-state index contributed by atoms with van der Waals surface area (Å²) in [4.78, 5) is 30.9. The second-order valence-electron chi connectivity index (χ2n) is 6.90. The summed E-state index contributed by atoms with van der Waals surface area (Å²) in [5.41, 5.74) is 2.30. The molecule has 2 aromatic rings. The first kappa shape index (κ1) is 20.3. The average molecular weight is 403 g/mol. The largest absolute Gasteiger partial charge is 0.479 e. The Kier molecular flexibility index (Phi) is 6.67. The fraction of sp³-hybridized carbons (Fsp3) is 0.476. The van der Waals surface area contributed by atoms with Gasteiger partial charge in [0.1, 0.15) is 12.3 Å². The molecule has 0 saturated heterocycles. The van der Waals surface area contributed by atoms with Crippen LogP contribution in [0, 0.1) is 6.92 Å². The minimum absolute atomic E-state index is 0.118. The summed E-state index contributed by atoms with van der Waals surface area (Å²) in [6, 6.07) is 5.59. The van der Waals surface area contributed by atoms with Crippen LogP contribution in [0.4, 0.5) is 5.69 Å². The number of carbonyl (C=O) groups is 2. The van der Waals surface area contributed by atoms with Crippen molar-refractivity contribution in [1.82, 2.24) is 4.98 Å². The van der Waals surface area contributed by atoms with Crippen LogP contribution in [0.15, 0.2) is 23.6 Å². The predicted molar refractivity (Wildman–Crippen MR) is 110 cm³/mol. The first-order chi connectivity index (χ1) is 13.5. The lowest BCUT2D eigenvalue weighted by Crippen LogP contribution is -2.47. The van der Waals surface area contributed by atoms with Gasteiger partial charge < -0.3 is 9.47 Å².